The van der Waals surface area contributed by atoms with E-state index < -0.39 is 10.2 Å². The van der Waals surface area contributed by atoms with Gasteiger partial charge in [0.15, 0.2) is 0 Å². The second-order valence-corrected chi connectivity index (χ2v) is 5.70. The summed E-state index contributed by atoms with van der Waals surface area (Å²) in [7, 11) is -0.310. The summed E-state index contributed by atoms with van der Waals surface area (Å²) >= 11 is 0. The largest absolute Gasteiger partial charge is 0.282 e. The Morgan fingerprint density at radius 3 is 2.73 bits per heavy atom. The summed E-state index contributed by atoms with van der Waals surface area (Å²) in [5, 5.41) is 0. The Bertz CT molecular complexity index is 446. The van der Waals surface area contributed by atoms with Gasteiger partial charge in [0.05, 0.1) is 12.2 Å². The first-order valence-corrected chi connectivity index (χ1v) is 5.87. The molecule has 2 heterocycles. The van der Waals surface area contributed by atoms with Crippen molar-refractivity contribution in [1.29, 1.82) is 0 Å². The van der Waals surface area contributed by atoms with E-state index in [2.05, 4.69) is 9.97 Å². The zero-order valence-corrected chi connectivity index (χ0v) is 9.40. The molecule has 0 saturated carbocycles. The van der Waals surface area contributed by atoms with Crippen LogP contribution in [0.4, 0.5) is 0 Å². The van der Waals surface area contributed by atoms with Crippen LogP contribution in [0.2, 0.25) is 0 Å². The molecule has 0 spiro atoms. The SMILES string of the molecule is CN(C)S(=O)(=O)N1Cc2cncnc2C1. The molecule has 0 atom stereocenters. The highest BCUT2D eigenvalue weighted by Gasteiger charge is 2.31. The quantitative estimate of drug-likeness (QED) is 0.690. The van der Waals surface area contributed by atoms with Gasteiger partial charge in [-0.2, -0.15) is 17.0 Å². The average molecular weight is 228 g/mol. The van der Waals surface area contributed by atoms with E-state index in [1.807, 2.05) is 0 Å². The van der Waals surface area contributed by atoms with Crippen molar-refractivity contribution < 1.29 is 8.42 Å². The van der Waals surface area contributed by atoms with Crippen molar-refractivity contribution in [3.05, 3.63) is 23.8 Å². The molecule has 0 aromatic carbocycles. The maximum absolute atomic E-state index is 11.8. The first-order valence-electron chi connectivity index (χ1n) is 4.47. The van der Waals surface area contributed by atoms with E-state index in [4.69, 9.17) is 0 Å². The van der Waals surface area contributed by atoms with E-state index in [1.54, 1.807) is 6.20 Å². The summed E-state index contributed by atoms with van der Waals surface area (Å²) in [6, 6.07) is 0. The molecule has 82 valence electrons. The standard InChI is InChI=1S/C8H12N4O2S/c1-11(2)15(13,14)12-4-7-3-9-6-10-8(7)5-12/h3,6H,4-5H2,1-2H3. The fraction of sp³-hybridized carbons (Fsp3) is 0.500. The fourth-order valence-corrected chi connectivity index (χ4v) is 2.51. The third-order valence-corrected chi connectivity index (χ3v) is 4.18. The van der Waals surface area contributed by atoms with Crippen LogP contribution in [0.1, 0.15) is 11.3 Å². The molecule has 6 nitrogen and oxygen atoms in total. The van der Waals surface area contributed by atoms with E-state index >= 15 is 0 Å². The number of hydrogen-bond donors (Lipinski definition) is 0. The normalized spacial score (nSPS) is 17.0. The Balaban J connectivity index is 2.28. The van der Waals surface area contributed by atoms with Gasteiger partial charge in [-0.3, -0.25) is 0 Å². The second kappa shape index (κ2) is 3.51. The lowest BCUT2D eigenvalue weighted by molar-refractivity contribution is 0.386. The van der Waals surface area contributed by atoms with E-state index in [-0.39, 0.29) is 0 Å². The third kappa shape index (κ3) is 1.73. The minimum absolute atomic E-state index is 0.332. The van der Waals surface area contributed by atoms with Crippen molar-refractivity contribution in [1.82, 2.24) is 18.6 Å². The molecular weight excluding hydrogens is 216 g/mol. The van der Waals surface area contributed by atoms with Crippen LogP contribution < -0.4 is 0 Å². The van der Waals surface area contributed by atoms with Gasteiger partial charge in [0.2, 0.25) is 0 Å². The van der Waals surface area contributed by atoms with Crippen molar-refractivity contribution in [2.24, 2.45) is 0 Å². The Kier molecular flexibility index (Phi) is 2.45. The van der Waals surface area contributed by atoms with Gasteiger partial charge in [-0.25, -0.2) is 9.97 Å². The molecule has 0 N–H and O–H groups in total. The minimum atomic E-state index is -3.35. The molecular formula is C8H12N4O2S. The molecule has 0 aliphatic carbocycles. The van der Waals surface area contributed by atoms with Crippen LogP contribution >= 0.6 is 0 Å². The Morgan fingerprint density at radius 2 is 2.13 bits per heavy atom. The molecule has 1 aromatic rings. The zero-order chi connectivity index (χ0) is 11.1. The highest BCUT2D eigenvalue weighted by Crippen LogP contribution is 2.22. The molecule has 0 radical (unpaired) electrons. The lowest BCUT2D eigenvalue weighted by Gasteiger charge is -2.19. The van der Waals surface area contributed by atoms with Gasteiger partial charge >= 0.3 is 0 Å². The molecule has 0 saturated heterocycles. The van der Waals surface area contributed by atoms with Crippen LogP contribution in [-0.4, -0.2) is 41.1 Å². The Hall–Kier alpha value is -1.05. The van der Waals surface area contributed by atoms with Crippen LogP contribution in [0, 0.1) is 0 Å². The molecule has 1 aliphatic heterocycles. The summed E-state index contributed by atoms with van der Waals surface area (Å²) in [4.78, 5) is 7.92. The lowest BCUT2D eigenvalue weighted by atomic mass is 10.3. The van der Waals surface area contributed by atoms with Crippen LogP contribution in [0.3, 0.4) is 0 Å². The number of nitrogens with zero attached hydrogens (tertiary/aromatic N) is 4. The van der Waals surface area contributed by atoms with Crippen molar-refractivity contribution >= 4 is 10.2 Å². The molecule has 0 unspecified atom stereocenters. The summed E-state index contributed by atoms with van der Waals surface area (Å²) in [5.74, 6) is 0. The summed E-state index contributed by atoms with van der Waals surface area (Å²) < 4.78 is 26.2. The fourth-order valence-electron chi connectivity index (χ4n) is 1.47. The number of aromatic nitrogens is 2. The number of hydrogen-bond acceptors (Lipinski definition) is 4. The predicted octanol–water partition coefficient (Wildman–Crippen LogP) is -0.401. The van der Waals surface area contributed by atoms with Crippen LogP contribution in [0.5, 0.6) is 0 Å². The zero-order valence-electron chi connectivity index (χ0n) is 8.58. The van der Waals surface area contributed by atoms with Crippen molar-refractivity contribution in [2.45, 2.75) is 13.1 Å². The molecule has 0 amide bonds. The van der Waals surface area contributed by atoms with Crippen molar-refractivity contribution in [3.8, 4) is 0 Å². The molecule has 1 aromatic heterocycles. The molecule has 7 heteroatoms. The summed E-state index contributed by atoms with van der Waals surface area (Å²) in [6.07, 6.45) is 3.10. The first kappa shape index (κ1) is 10.5. The van der Waals surface area contributed by atoms with Crippen LogP contribution in [-0.2, 0) is 23.3 Å². The van der Waals surface area contributed by atoms with Gasteiger partial charge in [-0.05, 0) is 0 Å². The minimum Gasteiger partial charge on any atom is -0.244 e. The second-order valence-electron chi connectivity index (χ2n) is 3.55. The van der Waals surface area contributed by atoms with Crippen LogP contribution in [0.15, 0.2) is 12.5 Å². The summed E-state index contributed by atoms with van der Waals surface area (Å²) in [5.41, 5.74) is 1.67. The van der Waals surface area contributed by atoms with Gasteiger partial charge in [-0.1, -0.05) is 0 Å². The predicted molar refractivity (Wildman–Crippen MR) is 53.9 cm³/mol. The van der Waals surface area contributed by atoms with Gasteiger partial charge in [0.25, 0.3) is 10.2 Å². The monoisotopic (exact) mass is 228 g/mol. The average Bonchev–Trinajstić information content (AvgIpc) is 2.61. The third-order valence-electron chi connectivity index (χ3n) is 2.34. The van der Waals surface area contributed by atoms with Crippen molar-refractivity contribution in [2.75, 3.05) is 14.1 Å². The molecule has 15 heavy (non-hydrogen) atoms. The van der Waals surface area contributed by atoms with Crippen LogP contribution in [0.25, 0.3) is 0 Å². The highest BCUT2D eigenvalue weighted by molar-refractivity contribution is 7.86. The smallest absolute Gasteiger partial charge is 0.244 e. The number of fused-ring (bicyclic) bond motifs is 1. The van der Waals surface area contributed by atoms with Gasteiger partial charge in [0, 0.05) is 32.4 Å². The summed E-state index contributed by atoms with van der Waals surface area (Å²) in [6.45, 7) is 0.690. The maximum atomic E-state index is 11.8. The topological polar surface area (TPSA) is 66.4 Å². The molecule has 0 bridgehead atoms. The van der Waals surface area contributed by atoms with Crippen molar-refractivity contribution in [3.63, 3.8) is 0 Å². The first-order chi connectivity index (χ1) is 7.01. The Labute approximate surface area is 88.7 Å². The molecule has 0 fully saturated rings. The Morgan fingerprint density at radius 1 is 1.40 bits per heavy atom. The highest BCUT2D eigenvalue weighted by atomic mass is 32.2. The lowest BCUT2D eigenvalue weighted by Crippen LogP contribution is -2.36. The van der Waals surface area contributed by atoms with Gasteiger partial charge in [-0.15, -0.1) is 0 Å². The maximum Gasteiger partial charge on any atom is 0.282 e. The van der Waals surface area contributed by atoms with E-state index in [9.17, 15) is 8.42 Å². The van der Waals surface area contributed by atoms with E-state index in [1.165, 1.54) is 29.0 Å². The van der Waals surface area contributed by atoms with Gasteiger partial charge < -0.3 is 0 Å². The van der Waals surface area contributed by atoms with Gasteiger partial charge in [0.1, 0.15) is 6.33 Å². The van der Waals surface area contributed by atoms with E-state index in [0.29, 0.717) is 13.1 Å². The van der Waals surface area contributed by atoms with E-state index in [0.717, 1.165) is 11.3 Å². The number of rotatable bonds is 2. The molecule has 1 aliphatic rings. The molecule has 2 rings (SSSR count).